The van der Waals surface area contributed by atoms with E-state index in [9.17, 15) is 4.79 Å². The lowest BCUT2D eigenvalue weighted by molar-refractivity contribution is -0.113. The van der Waals surface area contributed by atoms with Gasteiger partial charge in [-0.05, 0) is 36.2 Å². The lowest BCUT2D eigenvalue weighted by Crippen LogP contribution is -2.14. The van der Waals surface area contributed by atoms with E-state index in [1.165, 1.54) is 17.3 Å². The second kappa shape index (κ2) is 7.29. The molecule has 3 aromatic rings. The number of aromatic nitrogens is 1. The van der Waals surface area contributed by atoms with Crippen LogP contribution in [0.2, 0.25) is 0 Å². The molecule has 4 heteroatoms. The molecule has 0 radical (unpaired) electrons. The molecule has 0 aliphatic carbocycles. The molecule has 0 fully saturated rings. The van der Waals surface area contributed by atoms with Crippen LogP contribution in [0.15, 0.2) is 65.7 Å². The summed E-state index contributed by atoms with van der Waals surface area (Å²) >= 11 is 1.45. The molecular weight excluding hydrogens is 304 g/mol. The van der Waals surface area contributed by atoms with Gasteiger partial charge in [0.2, 0.25) is 5.91 Å². The third-order valence-electron chi connectivity index (χ3n) is 3.54. The van der Waals surface area contributed by atoms with Crippen LogP contribution in [0.5, 0.6) is 0 Å². The molecule has 0 saturated carbocycles. The molecule has 3 nitrogen and oxygen atoms in total. The van der Waals surface area contributed by atoms with Crippen LogP contribution in [0.3, 0.4) is 0 Å². The predicted molar refractivity (Wildman–Crippen MR) is 96.9 cm³/mol. The summed E-state index contributed by atoms with van der Waals surface area (Å²) in [5.41, 5.74) is 3.02. The fourth-order valence-corrected chi connectivity index (χ4v) is 3.01. The topological polar surface area (TPSA) is 42.0 Å². The molecule has 1 heterocycles. The number of nitrogens with zero attached hydrogens (tertiary/aromatic N) is 1. The average molecular weight is 322 g/mol. The maximum atomic E-state index is 12.1. The Morgan fingerprint density at radius 2 is 1.96 bits per heavy atom. The van der Waals surface area contributed by atoms with Gasteiger partial charge in [0.25, 0.3) is 0 Å². The van der Waals surface area contributed by atoms with E-state index >= 15 is 0 Å². The Morgan fingerprint density at radius 1 is 1.09 bits per heavy atom. The Morgan fingerprint density at radius 3 is 2.83 bits per heavy atom. The van der Waals surface area contributed by atoms with Gasteiger partial charge in [-0.2, -0.15) is 0 Å². The van der Waals surface area contributed by atoms with Gasteiger partial charge >= 0.3 is 0 Å². The molecule has 1 aromatic heterocycles. The lowest BCUT2D eigenvalue weighted by atomic mass is 10.1. The van der Waals surface area contributed by atoms with Crippen molar-refractivity contribution in [2.24, 2.45) is 0 Å². The van der Waals surface area contributed by atoms with Gasteiger partial charge in [-0.15, -0.1) is 0 Å². The van der Waals surface area contributed by atoms with Gasteiger partial charge in [-0.1, -0.05) is 55.1 Å². The second-order valence-corrected chi connectivity index (χ2v) is 6.23. The first-order valence-electron chi connectivity index (χ1n) is 7.62. The van der Waals surface area contributed by atoms with Gasteiger partial charge in [0.15, 0.2) is 0 Å². The molecule has 0 aliphatic rings. The number of pyridine rings is 1. The fourth-order valence-electron chi connectivity index (χ4n) is 2.33. The third kappa shape index (κ3) is 4.11. The van der Waals surface area contributed by atoms with Crippen LogP contribution in [0, 0.1) is 0 Å². The van der Waals surface area contributed by atoms with Gasteiger partial charge in [0, 0.05) is 11.1 Å². The van der Waals surface area contributed by atoms with E-state index in [0.29, 0.717) is 5.75 Å². The molecule has 3 rings (SSSR count). The highest BCUT2D eigenvalue weighted by molar-refractivity contribution is 7.99. The van der Waals surface area contributed by atoms with E-state index in [0.717, 1.165) is 28.0 Å². The molecule has 2 aromatic carbocycles. The van der Waals surface area contributed by atoms with Gasteiger partial charge in [-0.3, -0.25) is 4.79 Å². The van der Waals surface area contributed by atoms with Crippen molar-refractivity contribution in [3.63, 3.8) is 0 Å². The van der Waals surface area contributed by atoms with E-state index in [1.807, 2.05) is 54.6 Å². The van der Waals surface area contributed by atoms with Crippen LogP contribution >= 0.6 is 11.8 Å². The first kappa shape index (κ1) is 15.6. The number of amides is 1. The molecule has 0 saturated heterocycles. The lowest BCUT2D eigenvalue weighted by Gasteiger charge is -2.07. The van der Waals surface area contributed by atoms with Crippen molar-refractivity contribution in [2.45, 2.75) is 18.4 Å². The maximum Gasteiger partial charge on any atom is 0.234 e. The molecule has 0 unspecified atom stereocenters. The highest BCUT2D eigenvalue weighted by Gasteiger charge is 2.05. The SMILES string of the molecule is CCc1cccc(NC(=O)CSc2ccc3ccccc3n2)c1. The Balaban J connectivity index is 1.61. The summed E-state index contributed by atoms with van der Waals surface area (Å²) in [6.07, 6.45) is 0.958. The number of fused-ring (bicyclic) bond motifs is 1. The second-order valence-electron chi connectivity index (χ2n) is 5.23. The van der Waals surface area contributed by atoms with Crippen LogP contribution < -0.4 is 5.32 Å². The standard InChI is InChI=1S/C19H18N2OS/c1-2-14-6-5-8-16(12-14)20-18(22)13-23-19-11-10-15-7-3-4-9-17(15)21-19/h3-12H,2,13H2,1H3,(H,20,22). The summed E-state index contributed by atoms with van der Waals surface area (Å²) in [5, 5.41) is 4.91. The smallest absolute Gasteiger partial charge is 0.234 e. The van der Waals surface area contributed by atoms with Crippen molar-refractivity contribution in [1.82, 2.24) is 4.98 Å². The third-order valence-corrected chi connectivity index (χ3v) is 4.47. The average Bonchev–Trinajstić information content (AvgIpc) is 2.60. The van der Waals surface area contributed by atoms with Crippen molar-refractivity contribution in [3.8, 4) is 0 Å². The summed E-state index contributed by atoms with van der Waals surface area (Å²) in [5.74, 6) is 0.333. The minimum Gasteiger partial charge on any atom is -0.325 e. The molecule has 1 N–H and O–H groups in total. The number of carbonyl (C=O) groups excluding carboxylic acids is 1. The number of rotatable bonds is 5. The van der Waals surface area contributed by atoms with Crippen LogP contribution in [0.1, 0.15) is 12.5 Å². The molecule has 1 amide bonds. The molecular formula is C19H18N2OS. The van der Waals surface area contributed by atoms with Crippen molar-refractivity contribution >= 4 is 34.3 Å². The maximum absolute atomic E-state index is 12.1. The molecule has 0 atom stereocenters. The molecule has 0 aliphatic heterocycles. The van der Waals surface area contributed by atoms with Crippen LogP contribution in [-0.4, -0.2) is 16.6 Å². The van der Waals surface area contributed by atoms with E-state index in [1.54, 1.807) is 0 Å². The summed E-state index contributed by atoms with van der Waals surface area (Å²) < 4.78 is 0. The number of nitrogens with one attached hydrogen (secondary N) is 1. The van der Waals surface area contributed by atoms with E-state index in [4.69, 9.17) is 0 Å². The Labute approximate surface area is 140 Å². The van der Waals surface area contributed by atoms with Crippen molar-refractivity contribution in [2.75, 3.05) is 11.1 Å². The molecule has 23 heavy (non-hydrogen) atoms. The van der Waals surface area contributed by atoms with Gasteiger partial charge in [0.05, 0.1) is 16.3 Å². The van der Waals surface area contributed by atoms with E-state index in [2.05, 4.69) is 23.3 Å². The van der Waals surface area contributed by atoms with Crippen LogP contribution in [-0.2, 0) is 11.2 Å². The monoisotopic (exact) mass is 322 g/mol. The summed E-state index contributed by atoms with van der Waals surface area (Å²) in [4.78, 5) is 16.7. The zero-order valence-corrected chi connectivity index (χ0v) is 13.8. The molecule has 0 bridgehead atoms. The quantitative estimate of drug-likeness (QED) is 0.702. The van der Waals surface area contributed by atoms with Crippen molar-refractivity contribution in [1.29, 1.82) is 0 Å². The summed E-state index contributed by atoms with van der Waals surface area (Å²) in [6.45, 7) is 2.10. The minimum absolute atomic E-state index is 0.0155. The number of anilines is 1. The number of aryl methyl sites for hydroxylation is 1. The zero-order valence-electron chi connectivity index (χ0n) is 13.0. The van der Waals surface area contributed by atoms with Gasteiger partial charge < -0.3 is 5.32 Å². The van der Waals surface area contributed by atoms with E-state index in [-0.39, 0.29) is 5.91 Å². The number of thioether (sulfide) groups is 1. The van der Waals surface area contributed by atoms with Crippen molar-refractivity contribution < 1.29 is 4.79 Å². The largest absolute Gasteiger partial charge is 0.325 e. The first-order chi connectivity index (χ1) is 11.2. The van der Waals surface area contributed by atoms with Crippen LogP contribution in [0.4, 0.5) is 5.69 Å². The predicted octanol–water partition coefficient (Wildman–Crippen LogP) is 4.53. The normalized spacial score (nSPS) is 10.7. The highest BCUT2D eigenvalue weighted by atomic mass is 32.2. The van der Waals surface area contributed by atoms with Crippen LogP contribution in [0.25, 0.3) is 10.9 Å². The molecule has 116 valence electrons. The van der Waals surface area contributed by atoms with Crippen molar-refractivity contribution in [3.05, 3.63) is 66.2 Å². The number of benzene rings is 2. The number of carbonyl (C=O) groups is 1. The molecule has 0 spiro atoms. The van der Waals surface area contributed by atoms with Gasteiger partial charge in [-0.25, -0.2) is 4.98 Å². The Bertz CT molecular complexity index is 832. The van der Waals surface area contributed by atoms with E-state index < -0.39 is 0 Å². The minimum atomic E-state index is -0.0155. The van der Waals surface area contributed by atoms with Gasteiger partial charge in [0.1, 0.15) is 0 Å². The fraction of sp³-hybridized carbons (Fsp3) is 0.158. The number of hydrogen-bond donors (Lipinski definition) is 1. The number of para-hydroxylation sites is 1. The summed E-state index contributed by atoms with van der Waals surface area (Å²) in [6, 6.07) is 19.9. The highest BCUT2D eigenvalue weighted by Crippen LogP contribution is 2.20. The summed E-state index contributed by atoms with van der Waals surface area (Å²) in [7, 11) is 0. The Kier molecular flexibility index (Phi) is 4.93. The first-order valence-corrected chi connectivity index (χ1v) is 8.60. The zero-order chi connectivity index (χ0) is 16.1. The Hall–Kier alpha value is -2.33. The number of hydrogen-bond acceptors (Lipinski definition) is 3.